The van der Waals surface area contributed by atoms with Crippen molar-refractivity contribution in [2.75, 3.05) is 13.2 Å². The first-order valence-electron chi connectivity index (χ1n) is 6.55. The van der Waals surface area contributed by atoms with Gasteiger partial charge in [-0.1, -0.05) is 12.1 Å². The van der Waals surface area contributed by atoms with Crippen LogP contribution in [0, 0.1) is 0 Å². The van der Waals surface area contributed by atoms with E-state index < -0.39 is 0 Å². The number of nitrogens with two attached hydrogens (primary N) is 1. The van der Waals surface area contributed by atoms with Crippen LogP contribution in [0.4, 0.5) is 0 Å². The molecule has 1 aliphatic rings. The zero-order valence-corrected chi connectivity index (χ0v) is 10.7. The van der Waals surface area contributed by atoms with Crippen LogP contribution in [0.2, 0.25) is 0 Å². The van der Waals surface area contributed by atoms with Gasteiger partial charge in [0.15, 0.2) is 0 Å². The Bertz CT molecular complexity index is 246. The predicted octanol–water partition coefficient (Wildman–Crippen LogP) is 1.14. The van der Waals surface area contributed by atoms with Crippen LogP contribution in [0.25, 0.3) is 0 Å². The lowest BCUT2D eigenvalue weighted by Gasteiger charge is -2.32. The van der Waals surface area contributed by atoms with Gasteiger partial charge in [0, 0.05) is 25.1 Å². The number of nitrogens with zero attached hydrogens (tertiary/aromatic N) is 2. The Labute approximate surface area is 103 Å². The average molecular weight is 243 g/mol. The lowest BCUT2D eigenvalue weighted by molar-refractivity contribution is 0.159. The largest absolute Gasteiger partial charge is 0.409 e. The third kappa shape index (κ3) is 4.16. The third-order valence-corrected chi connectivity index (χ3v) is 3.63. The first-order valence-corrected chi connectivity index (χ1v) is 6.55. The number of amidine groups is 1. The lowest BCUT2D eigenvalue weighted by atomic mass is 10.0. The first-order chi connectivity index (χ1) is 8.22. The molecule has 1 rings (SSSR count). The van der Waals surface area contributed by atoms with Gasteiger partial charge in [-0.15, -0.1) is 0 Å². The van der Waals surface area contributed by atoms with Crippen molar-refractivity contribution in [2.45, 2.75) is 57.5 Å². The van der Waals surface area contributed by atoms with Gasteiger partial charge in [-0.2, -0.15) is 0 Å². The van der Waals surface area contributed by atoms with Crippen molar-refractivity contribution in [1.82, 2.24) is 4.90 Å². The number of hydrogen-bond acceptors (Lipinski definition) is 4. The van der Waals surface area contributed by atoms with E-state index in [0.717, 1.165) is 25.8 Å². The van der Waals surface area contributed by atoms with Gasteiger partial charge in [0.05, 0.1) is 0 Å². The summed E-state index contributed by atoms with van der Waals surface area (Å²) in [6, 6.07) is 0.913. The van der Waals surface area contributed by atoms with E-state index in [1.807, 2.05) is 0 Å². The highest BCUT2D eigenvalue weighted by Gasteiger charge is 2.29. The molecule has 0 spiro atoms. The quantitative estimate of drug-likeness (QED) is 0.271. The molecule has 0 bridgehead atoms. The highest BCUT2D eigenvalue weighted by Crippen LogP contribution is 2.26. The predicted molar refractivity (Wildman–Crippen MR) is 68.2 cm³/mol. The van der Waals surface area contributed by atoms with Gasteiger partial charge in [0.25, 0.3) is 0 Å². The van der Waals surface area contributed by atoms with E-state index in [1.54, 1.807) is 0 Å². The summed E-state index contributed by atoms with van der Waals surface area (Å²) in [5, 5.41) is 20.6. The van der Waals surface area contributed by atoms with Gasteiger partial charge in [0.1, 0.15) is 5.84 Å². The molecule has 17 heavy (non-hydrogen) atoms. The number of aliphatic hydroxyl groups excluding tert-OH is 1. The molecule has 0 saturated carbocycles. The summed E-state index contributed by atoms with van der Waals surface area (Å²) in [5.74, 6) is 0.310. The molecule has 5 heteroatoms. The standard InChI is InChI=1S/C12H25N3O2/c1-2-10(9-12(13)14-17)15-7-3-5-11(15)6-4-8-16/h10-11,16-17H,2-9H2,1H3,(H2,13,14). The highest BCUT2D eigenvalue weighted by atomic mass is 16.4. The van der Waals surface area contributed by atoms with Crippen molar-refractivity contribution in [3.63, 3.8) is 0 Å². The van der Waals surface area contributed by atoms with Gasteiger partial charge < -0.3 is 16.0 Å². The third-order valence-electron chi connectivity index (χ3n) is 3.63. The summed E-state index contributed by atoms with van der Waals surface area (Å²) < 4.78 is 0. The van der Waals surface area contributed by atoms with Crippen molar-refractivity contribution < 1.29 is 10.3 Å². The smallest absolute Gasteiger partial charge is 0.140 e. The molecule has 0 amide bonds. The minimum atomic E-state index is 0.265. The van der Waals surface area contributed by atoms with E-state index in [4.69, 9.17) is 16.0 Å². The zero-order valence-electron chi connectivity index (χ0n) is 10.7. The molecule has 1 heterocycles. The Morgan fingerprint density at radius 3 is 2.94 bits per heavy atom. The Hall–Kier alpha value is -0.810. The molecule has 5 nitrogen and oxygen atoms in total. The van der Waals surface area contributed by atoms with Gasteiger partial charge in [-0.3, -0.25) is 4.90 Å². The summed E-state index contributed by atoms with van der Waals surface area (Å²) in [5.41, 5.74) is 5.60. The first kappa shape index (κ1) is 14.3. The molecular formula is C12H25N3O2. The number of oxime groups is 1. The molecule has 1 fully saturated rings. The summed E-state index contributed by atoms with van der Waals surface area (Å²) in [6.45, 7) is 3.49. The summed E-state index contributed by atoms with van der Waals surface area (Å²) in [6.07, 6.45) is 5.95. The SMILES string of the molecule is CCC(CC(N)=NO)N1CCCC1CCCO. The maximum Gasteiger partial charge on any atom is 0.140 e. The highest BCUT2D eigenvalue weighted by molar-refractivity contribution is 5.80. The van der Waals surface area contributed by atoms with E-state index in [1.165, 1.54) is 12.8 Å². The second kappa shape index (κ2) is 7.50. The second-order valence-corrected chi connectivity index (χ2v) is 4.76. The van der Waals surface area contributed by atoms with Crippen LogP contribution in [0.1, 0.15) is 45.4 Å². The van der Waals surface area contributed by atoms with Crippen molar-refractivity contribution >= 4 is 5.84 Å². The Morgan fingerprint density at radius 1 is 1.59 bits per heavy atom. The van der Waals surface area contributed by atoms with Crippen molar-refractivity contribution in [1.29, 1.82) is 0 Å². The average Bonchev–Trinajstić information content (AvgIpc) is 2.81. The van der Waals surface area contributed by atoms with Crippen molar-refractivity contribution in [3.8, 4) is 0 Å². The van der Waals surface area contributed by atoms with Crippen LogP contribution in [0.5, 0.6) is 0 Å². The maximum absolute atomic E-state index is 8.90. The molecule has 2 unspecified atom stereocenters. The number of hydrogen-bond donors (Lipinski definition) is 3. The molecule has 0 aromatic heterocycles. The molecule has 0 aromatic rings. The fraction of sp³-hybridized carbons (Fsp3) is 0.917. The molecule has 100 valence electrons. The summed E-state index contributed by atoms with van der Waals surface area (Å²) >= 11 is 0. The van der Waals surface area contributed by atoms with Gasteiger partial charge in [-0.05, 0) is 38.6 Å². The fourth-order valence-electron chi connectivity index (χ4n) is 2.75. The lowest BCUT2D eigenvalue weighted by Crippen LogP contribution is -2.41. The van der Waals surface area contributed by atoms with Crippen molar-refractivity contribution in [2.24, 2.45) is 10.9 Å². The van der Waals surface area contributed by atoms with Crippen LogP contribution >= 0.6 is 0 Å². The molecule has 0 radical (unpaired) electrons. The molecule has 0 aromatic carbocycles. The van der Waals surface area contributed by atoms with E-state index in [2.05, 4.69) is 17.0 Å². The number of likely N-dealkylation sites (tertiary alicyclic amines) is 1. The minimum Gasteiger partial charge on any atom is -0.409 e. The van der Waals surface area contributed by atoms with Gasteiger partial charge >= 0.3 is 0 Å². The Morgan fingerprint density at radius 2 is 2.35 bits per heavy atom. The molecule has 4 N–H and O–H groups in total. The van der Waals surface area contributed by atoms with Gasteiger partial charge in [0.2, 0.25) is 0 Å². The minimum absolute atomic E-state index is 0.265. The monoisotopic (exact) mass is 243 g/mol. The van der Waals surface area contributed by atoms with Crippen LogP contribution in [-0.4, -0.2) is 46.3 Å². The normalized spacial score (nSPS) is 24.1. The molecule has 0 aliphatic carbocycles. The Kier molecular flexibility index (Phi) is 6.29. The van der Waals surface area contributed by atoms with Crippen LogP contribution in [0.15, 0.2) is 5.16 Å². The van der Waals surface area contributed by atoms with E-state index in [0.29, 0.717) is 24.3 Å². The Balaban J connectivity index is 2.53. The molecular weight excluding hydrogens is 218 g/mol. The van der Waals surface area contributed by atoms with Crippen LogP contribution in [0.3, 0.4) is 0 Å². The molecule has 2 atom stereocenters. The van der Waals surface area contributed by atoms with Crippen LogP contribution in [-0.2, 0) is 0 Å². The van der Waals surface area contributed by atoms with E-state index in [-0.39, 0.29) is 6.61 Å². The second-order valence-electron chi connectivity index (χ2n) is 4.76. The summed E-state index contributed by atoms with van der Waals surface area (Å²) in [4.78, 5) is 2.47. The molecule has 1 saturated heterocycles. The maximum atomic E-state index is 8.90. The fourth-order valence-corrected chi connectivity index (χ4v) is 2.75. The number of rotatable bonds is 7. The van der Waals surface area contributed by atoms with Crippen molar-refractivity contribution in [3.05, 3.63) is 0 Å². The topological polar surface area (TPSA) is 82.1 Å². The van der Waals surface area contributed by atoms with Gasteiger partial charge in [-0.25, -0.2) is 0 Å². The van der Waals surface area contributed by atoms with E-state index in [9.17, 15) is 0 Å². The van der Waals surface area contributed by atoms with E-state index >= 15 is 0 Å². The number of aliphatic hydroxyl groups is 1. The van der Waals surface area contributed by atoms with Crippen LogP contribution < -0.4 is 5.73 Å². The zero-order chi connectivity index (χ0) is 12.7. The molecule has 1 aliphatic heterocycles. The summed E-state index contributed by atoms with van der Waals surface area (Å²) in [7, 11) is 0.